The molecule has 0 saturated carbocycles. The lowest BCUT2D eigenvalue weighted by Gasteiger charge is -2.32. The highest BCUT2D eigenvalue weighted by Gasteiger charge is 2.27. The molecule has 2 N–H and O–H groups in total. The Morgan fingerprint density at radius 1 is 1.19 bits per heavy atom. The highest BCUT2D eigenvalue weighted by molar-refractivity contribution is 5.90. The molecule has 1 aliphatic rings. The monoisotopic (exact) mass is 506 g/mol. The first kappa shape index (κ1) is 24.4. The number of fused-ring (bicyclic) bond motifs is 1. The van der Waals surface area contributed by atoms with Gasteiger partial charge < -0.3 is 19.5 Å². The standard InChI is InChI=1S/C26H27FN6O4/c1-37-14-13-32-16-17(19-5-2-3-6-20(19)27)15-21(24(32)34)29-25(35)31-11-8-18(9-12-31)33-22-7-4-10-28-23(22)30-26(33)36/h2-7,10,15-16,18H,8-9,11-14H2,1H3,(H,29,35)(H,28,30,36). The van der Waals surface area contributed by atoms with Crippen molar-refractivity contribution in [2.45, 2.75) is 25.4 Å². The molecule has 1 aliphatic heterocycles. The van der Waals surface area contributed by atoms with Crippen molar-refractivity contribution in [3.8, 4) is 11.1 Å². The average molecular weight is 507 g/mol. The minimum Gasteiger partial charge on any atom is -0.383 e. The number of nitrogens with one attached hydrogen (secondary N) is 2. The first-order chi connectivity index (χ1) is 18.0. The zero-order valence-corrected chi connectivity index (χ0v) is 20.3. The molecule has 11 heteroatoms. The topological polar surface area (TPSA) is 114 Å². The third-order valence-electron chi connectivity index (χ3n) is 6.66. The number of aromatic nitrogens is 4. The average Bonchev–Trinajstić information content (AvgIpc) is 3.25. The van der Waals surface area contributed by atoms with Gasteiger partial charge >= 0.3 is 11.7 Å². The number of benzene rings is 1. The number of urea groups is 1. The van der Waals surface area contributed by atoms with Gasteiger partial charge in [0.25, 0.3) is 5.56 Å². The van der Waals surface area contributed by atoms with Crippen molar-refractivity contribution < 1.29 is 13.9 Å². The summed E-state index contributed by atoms with van der Waals surface area (Å²) in [7, 11) is 1.53. The number of likely N-dealkylation sites (tertiary alicyclic amines) is 1. The lowest BCUT2D eigenvalue weighted by Crippen LogP contribution is -2.43. The van der Waals surface area contributed by atoms with Gasteiger partial charge in [-0.05, 0) is 37.1 Å². The van der Waals surface area contributed by atoms with Crippen LogP contribution in [0.5, 0.6) is 0 Å². The van der Waals surface area contributed by atoms with Crippen molar-refractivity contribution in [3.63, 3.8) is 0 Å². The zero-order chi connectivity index (χ0) is 25.9. The largest absolute Gasteiger partial charge is 0.383 e. The molecule has 0 bridgehead atoms. The summed E-state index contributed by atoms with van der Waals surface area (Å²) in [4.78, 5) is 47.3. The summed E-state index contributed by atoms with van der Waals surface area (Å²) in [5.74, 6) is -0.429. The number of carbonyl (C=O) groups excluding carboxylic acids is 1. The third-order valence-corrected chi connectivity index (χ3v) is 6.66. The van der Waals surface area contributed by atoms with Crippen LogP contribution in [0.25, 0.3) is 22.3 Å². The number of aromatic amines is 1. The van der Waals surface area contributed by atoms with Gasteiger partial charge in [0, 0.05) is 56.3 Å². The summed E-state index contributed by atoms with van der Waals surface area (Å²) in [6, 6.07) is 10.9. The van der Waals surface area contributed by atoms with E-state index in [-0.39, 0.29) is 30.6 Å². The minimum atomic E-state index is -0.429. The van der Waals surface area contributed by atoms with Gasteiger partial charge in [0.05, 0.1) is 12.1 Å². The molecule has 192 valence electrons. The van der Waals surface area contributed by atoms with E-state index in [1.165, 1.54) is 23.8 Å². The van der Waals surface area contributed by atoms with Gasteiger partial charge in [0.1, 0.15) is 11.5 Å². The van der Waals surface area contributed by atoms with Crippen LogP contribution in [0.15, 0.2) is 64.4 Å². The minimum absolute atomic E-state index is 0.0582. The Morgan fingerprint density at radius 3 is 2.73 bits per heavy atom. The molecule has 1 aromatic carbocycles. The number of pyridine rings is 2. The highest BCUT2D eigenvalue weighted by atomic mass is 19.1. The normalized spacial score (nSPS) is 14.3. The summed E-state index contributed by atoms with van der Waals surface area (Å²) >= 11 is 0. The molecule has 0 atom stereocenters. The molecular formula is C26H27FN6O4. The Balaban J connectivity index is 1.35. The highest BCUT2D eigenvalue weighted by Crippen LogP contribution is 2.26. The summed E-state index contributed by atoms with van der Waals surface area (Å²) in [5.41, 5.74) is 1.49. The first-order valence-corrected chi connectivity index (χ1v) is 12.1. The molecule has 0 radical (unpaired) electrons. The molecular weight excluding hydrogens is 479 g/mol. The van der Waals surface area contributed by atoms with Crippen LogP contribution >= 0.6 is 0 Å². The van der Waals surface area contributed by atoms with Crippen molar-refractivity contribution in [2.75, 3.05) is 32.1 Å². The lowest BCUT2D eigenvalue weighted by molar-refractivity contribution is 0.183. The summed E-state index contributed by atoms with van der Waals surface area (Å²) in [5, 5.41) is 2.72. The van der Waals surface area contributed by atoms with E-state index in [0.717, 1.165) is 5.52 Å². The summed E-state index contributed by atoms with van der Waals surface area (Å²) in [6.45, 7) is 1.34. The number of methoxy groups -OCH3 is 1. The van der Waals surface area contributed by atoms with E-state index in [1.807, 2.05) is 6.07 Å². The molecule has 5 rings (SSSR count). The maximum absolute atomic E-state index is 14.5. The summed E-state index contributed by atoms with van der Waals surface area (Å²) < 4.78 is 22.7. The van der Waals surface area contributed by atoms with Crippen molar-refractivity contribution in [3.05, 3.63) is 81.5 Å². The van der Waals surface area contributed by atoms with Gasteiger partial charge in [-0.1, -0.05) is 18.2 Å². The molecule has 4 aromatic rings. The lowest BCUT2D eigenvalue weighted by atomic mass is 10.0. The van der Waals surface area contributed by atoms with Crippen LogP contribution < -0.4 is 16.6 Å². The number of halogens is 1. The second-order valence-electron chi connectivity index (χ2n) is 8.93. The van der Waals surface area contributed by atoms with E-state index in [1.54, 1.807) is 46.1 Å². The Morgan fingerprint density at radius 2 is 1.97 bits per heavy atom. The molecule has 10 nitrogen and oxygen atoms in total. The van der Waals surface area contributed by atoms with Crippen molar-refractivity contribution >= 4 is 22.9 Å². The van der Waals surface area contributed by atoms with Crippen LogP contribution in [0, 0.1) is 5.82 Å². The smallest absolute Gasteiger partial charge is 0.327 e. The molecule has 4 heterocycles. The van der Waals surface area contributed by atoms with Crippen LogP contribution in [0.3, 0.4) is 0 Å². The third kappa shape index (κ3) is 4.90. The van der Waals surface area contributed by atoms with Gasteiger partial charge in [-0.3, -0.25) is 14.3 Å². The maximum Gasteiger partial charge on any atom is 0.327 e. The van der Waals surface area contributed by atoms with Crippen LogP contribution in [0.2, 0.25) is 0 Å². The Bertz CT molecular complexity index is 1550. The van der Waals surface area contributed by atoms with E-state index in [9.17, 15) is 18.8 Å². The Labute approximate surface area is 211 Å². The molecule has 0 spiro atoms. The quantitative estimate of drug-likeness (QED) is 0.417. The predicted molar refractivity (Wildman–Crippen MR) is 137 cm³/mol. The van der Waals surface area contributed by atoms with E-state index >= 15 is 0 Å². The van der Waals surface area contributed by atoms with Crippen molar-refractivity contribution in [2.24, 2.45) is 0 Å². The van der Waals surface area contributed by atoms with Gasteiger partial charge in [-0.15, -0.1) is 0 Å². The predicted octanol–water partition coefficient (Wildman–Crippen LogP) is 3.21. The maximum atomic E-state index is 14.5. The molecule has 0 unspecified atom stereocenters. The number of hydrogen-bond donors (Lipinski definition) is 2. The van der Waals surface area contributed by atoms with Gasteiger partial charge in [0.2, 0.25) is 0 Å². The van der Waals surface area contributed by atoms with Gasteiger partial charge in [0.15, 0.2) is 5.65 Å². The number of imidazole rings is 1. The number of amides is 2. The fraction of sp³-hybridized carbons (Fsp3) is 0.308. The first-order valence-electron chi connectivity index (χ1n) is 12.1. The molecule has 1 fully saturated rings. The number of ether oxygens (including phenoxy) is 1. The fourth-order valence-electron chi connectivity index (χ4n) is 4.77. The number of anilines is 1. The van der Waals surface area contributed by atoms with Crippen LogP contribution in [-0.2, 0) is 11.3 Å². The second-order valence-corrected chi connectivity index (χ2v) is 8.93. The zero-order valence-electron chi connectivity index (χ0n) is 20.3. The molecule has 3 aromatic heterocycles. The van der Waals surface area contributed by atoms with Gasteiger partial charge in [-0.2, -0.15) is 0 Å². The number of piperidine rings is 1. The fourth-order valence-corrected chi connectivity index (χ4v) is 4.77. The van der Waals surface area contributed by atoms with E-state index in [4.69, 9.17) is 4.74 Å². The van der Waals surface area contributed by atoms with Crippen molar-refractivity contribution in [1.29, 1.82) is 0 Å². The van der Waals surface area contributed by atoms with E-state index in [2.05, 4.69) is 15.3 Å². The molecule has 37 heavy (non-hydrogen) atoms. The van der Waals surface area contributed by atoms with Crippen LogP contribution in [-0.4, -0.2) is 56.8 Å². The number of H-pyrrole nitrogens is 1. The van der Waals surface area contributed by atoms with Gasteiger partial charge in [-0.25, -0.2) is 19.0 Å². The number of rotatable bonds is 6. The summed E-state index contributed by atoms with van der Waals surface area (Å²) in [6.07, 6.45) is 4.33. The SMILES string of the molecule is COCCn1cc(-c2ccccc2F)cc(NC(=O)N2CCC(n3c(=O)[nH]c4ncccc43)CC2)c1=O. The van der Waals surface area contributed by atoms with Crippen LogP contribution in [0.4, 0.5) is 14.9 Å². The van der Waals surface area contributed by atoms with E-state index in [0.29, 0.717) is 42.7 Å². The molecule has 1 saturated heterocycles. The van der Waals surface area contributed by atoms with Crippen LogP contribution in [0.1, 0.15) is 18.9 Å². The molecule has 0 aliphatic carbocycles. The number of carbonyl (C=O) groups is 1. The Kier molecular flexibility index (Phi) is 6.87. The molecule has 2 amide bonds. The van der Waals surface area contributed by atoms with Crippen molar-refractivity contribution in [1.82, 2.24) is 24.0 Å². The second kappa shape index (κ2) is 10.4. The number of nitrogens with zero attached hydrogens (tertiary/aromatic N) is 4. The van der Waals surface area contributed by atoms with E-state index < -0.39 is 17.4 Å². The number of hydrogen-bond acceptors (Lipinski definition) is 5. The Hall–Kier alpha value is -4.25.